The number of hydrogen-bond acceptors (Lipinski definition) is 3. The van der Waals surface area contributed by atoms with Gasteiger partial charge in [0.25, 0.3) is 0 Å². The minimum Gasteiger partial charge on any atom is -0.311 e. The van der Waals surface area contributed by atoms with Crippen molar-refractivity contribution in [1.29, 1.82) is 0 Å². The van der Waals surface area contributed by atoms with Crippen LogP contribution in [0.2, 0.25) is 0 Å². The summed E-state index contributed by atoms with van der Waals surface area (Å²) in [7, 11) is 0. The summed E-state index contributed by atoms with van der Waals surface area (Å²) in [6.07, 6.45) is 4.19. The number of nitrogens with one attached hydrogen (secondary N) is 1. The third kappa shape index (κ3) is 3.27. The molecular formula is C14H23N3. The SMILES string of the molecule is CCc1cccnc1CN1CCNC(CC)C1. The molecule has 94 valence electrons. The van der Waals surface area contributed by atoms with E-state index >= 15 is 0 Å². The molecule has 3 heteroatoms. The largest absolute Gasteiger partial charge is 0.311 e. The maximum Gasteiger partial charge on any atom is 0.0575 e. The maximum atomic E-state index is 4.53. The highest BCUT2D eigenvalue weighted by Crippen LogP contribution is 2.11. The van der Waals surface area contributed by atoms with Gasteiger partial charge in [-0.2, -0.15) is 0 Å². The predicted molar refractivity (Wildman–Crippen MR) is 71.0 cm³/mol. The smallest absolute Gasteiger partial charge is 0.0575 e. The Kier molecular flexibility index (Phi) is 4.51. The van der Waals surface area contributed by atoms with Gasteiger partial charge in [0, 0.05) is 38.4 Å². The van der Waals surface area contributed by atoms with E-state index in [0.29, 0.717) is 6.04 Å². The lowest BCUT2D eigenvalue weighted by molar-refractivity contribution is 0.187. The molecule has 1 aromatic heterocycles. The molecule has 0 radical (unpaired) electrons. The fraction of sp³-hybridized carbons (Fsp3) is 0.643. The van der Waals surface area contributed by atoms with Gasteiger partial charge in [-0.1, -0.05) is 19.9 Å². The summed E-state index contributed by atoms with van der Waals surface area (Å²) < 4.78 is 0. The first-order valence-corrected chi connectivity index (χ1v) is 6.72. The lowest BCUT2D eigenvalue weighted by Gasteiger charge is -2.33. The van der Waals surface area contributed by atoms with Crippen molar-refractivity contribution >= 4 is 0 Å². The van der Waals surface area contributed by atoms with Gasteiger partial charge in [-0.15, -0.1) is 0 Å². The highest BCUT2D eigenvalue weighted by molar-refractivity contribution is 5.19. The zero-order valence-electron chi connectivity index (χ0n) is 10.9. The van der Waals surface area contributed by atoms with Crippen molar-refractivity contribution in [2.75, 3.05) is 19.6 Å². The minimum atomic E-state index is 0.650. The Hall–Kier alpha value is -0.930. The molecule has 1 aliphatic rings. The summed E-state index contributed by atoms with van der Waals surface area (Å²) in [5.74, 6) is 0. The van der Waals surface area contributed by atoms with E-state index in [1.54, 1.807) is 0 Å². The fourth-order valence-electron chi connectivity index (χ4n) is 2.46. The van der Waals surface area contributed by atoms with Gasteiger partial charge in [0.2, 0.25) is 0 Å². The van der Waals surface area contributed by atoms with Crippen LogP contribution in [0.25, 0.3) is 0 Å². The van der Waals surface area contributed by atoms with Crippen LogP contribution in [0, 0.1) is 0 Å². The van der Waals surface area contributed by atoms with Crippen molar-refractivity contribution in [1.82, 2.24) is 15.2 Å². The molecule has 0 aromatic carbocycles. The second kappa shape index (κ2) is 6.12. The Bertz CT molecular complexity index is 351. The molecule has 1 fully saturated rings. The van der Waals surface area contributed by atoms with E-state index in [1.165, 1.54) is 17.7 Å². The molecule has 1 saturated heterocycles. The van der Waals surface area contributed by atoms with Crippen molar-refractivity contribution in [2.24, 2.45) is 0 Å². The number of piperazine rings is 1. The van der Waals surface area contributed by atoms with Crippen LogP contribution in [-0.4, -0.2) is 35.6 Å². The van der Waals surface area contributed by atoms with Crippen LogP contribution < -0.4 is 5.32 Å². The zero-order chi connectivity index (χ0) is 12.1. The Morgan fingerprint density at radius 3 is 3.12 bits per heavy atom. The molecule has 1 unspecified atom stereocenters. The average Bonchev–Trinajstić information content (AvgIpc) is 2.39. The van der Waals surface area contributed by atoms with Crippen molar-refractivity contribution in [3.05, 3.63) is 29.6 Å². The van der Waals surface area contributed by atoms with Gasteiger partial charge in [-0.3, -0.25) is 9.88 Å². The lowest BCUT2D eigenvalue weighted by Crippen LogP contribution is -2.49. The summed E-state index contributed by atoms with van der Waals surface area (Å²) in [5.41, 5.74) is 2.64. The molecular weight excluding hydrogens is 210 g/mol. The van der Waals surface area contributed by atoms with E-state index in [-0.39, 0.29) is 0 Å². The van der Waals surface area contributed by atoms with Crippen molar-refractivity contribution in [2.45, 2.75) is 39.3 Å². The van der Waals surface area contributed by atoms with Gasteiger partial charge in [-0.25, -0.2) is 0 Å². The van der Waals surface area contributed by atoms with Crippen LogP contribution in [0.4, 0.5) is 0 Å². The van der Waals surface area contributed by atoms with Crippen LogP contribution >= 0.6 is 0 Å². The fourth-order valence-corrected chi connectivity index (χ4v) is 2.46. The Morgan fingerprint density at radius 1 is 1.47 bits per heavy atom. The van der Waals surface area contributed by atoms with E-state index in [4.69, 9.17) is 0 Å². The number of nitrogens with zero attached hydrogens (tertiary/aromatic N) is 2. The highest BCUT2D eigenvalue weighted by Gasteiger charge is 2.18. The molecule has 1 N–H and O–H groups in total. The van der Waals surface area contributed by atoms with Crippen LogP contribution in [0.5, 0.6) is 0 Å². The van der Waals surface area contributed by atoms with Crippen LogP contribution in [0.15, 0.2) is 18.3 Å². The van der Waals surface area contributed by atoms with Gasteiger partial charge in [0.1, 0.15) is 0 Å². The molecule has 1 atom stereocenters. The van der Waals surface area contributed by atoms with Crippen molar-refractivity contribution in [3.8, 4) is 0 Å². The summed E-state index contributed by atoms with van der Waals surface area (Å²) in [6, 6.07) is 4.88. The summed E-state index contributed by atoms with van der Waals surface area (Å²) >= 11 is 0. The van der Waals surface area contributed by atoms with E-state index in [9.17, 15) is 0 Å². The van der Waals surface area contributed by atoms with Gasteiger partial charge in [0.05, 0.1) is 5.69 Å². The van der Waals surface area contributed by atoms with E-state index in [2.05, 4.69) is 35.1 Å². The monoisotopic (exact) mass is 233 g/mol. The standard InChI is InChI=1S/C14H23N3/c1-3-12-6-5-7-16-14(12)11-17-9-8-15-13(4-2)10-17/h5-7,13,15H,3-4,8-11H2,1-2H3. The van der Waals surface area contributed by atoms with Crippen LogP contribution in [-0.2, 0) is 13.0 Å². The van der Waals surface area contributed by atoms with Crippen molar-refractivity contribution < 1.29 is 0 Å². The molecule has 1 aromatic rings. The van der Waals surface area contributed by atoms with E-state index in [0.717, 1.165) is 32.6 Å². The first-order valence-electron chi connectivity index (χ1n) is 6.72. The van der Waals surface area contributed by atoms with Gasteiger partial charge < -0.3 is 5.32 Å². The van der Waals surface area contributed by atoms with Crippen molar-refractivity contribution in [3.63, 3.8) is 0 Å². The topological polar surface area (TPSA) is 28.2 Å². The molecule has 17 heavy (non-hydrogen) atoms. The maximum absolute atomic E-state index is 4.53. The molecule has 0 saturated carbocycles. The average molecular weight is 233 g/mol. The molecule has 0 amide bonds. The first kappa shape index (κ1) is 12.5. The number of hydrogen-bond donors (Lipinski definition) is 1. The molecule has 3 nitrogen and oxygen atoms in total. The third-order valence-electron chi connectivity index (χ3n) is 3.57. The number of aryl methyl sites for hydroxylation is 1. The summed E-state index contributed by atoms with van der Waals surface area (Å²) in [5, 5.41) is 3.55. The molecule has 0 aliphatic carbocycles. The molecule has 2 heterocycles. The van der Waals surface area contributed by atoms with Gasteiger partial charge in [0.15, 0.2) is 0 Å². The minimum absolute atomic E-state index is 0.650. The normalized spacial score (nSPS) is 21.6. The number of pyridine rings is 1. The van der Waals surface area contributed by atoms with E-state index < -0.39 is 0 Å². The molecule has 1 aliphatic heterocycles. The highest BCUT2D eigenvalue weighted by atomic mass is 15.2. The second-order valence-corrected chi connectivity index (χ2v) is 4.76. The van der Waals surface area contributed by atoms with E-state index in [1.807, 2.05) is 12.3 Å². The zero-order valence-corrected chi connectivity index (χ0v) is 10.9. The van der Waals surface area contributed by atoms with Gasteiger partial charge in [-0.05, 0) is 24.5 Å². The van der Waals surface area contributed by atoms with Gasteiger partial charge >= 0.3 is 0 Å². The number of rotatable bonds is 4. The Balaban J connectivity index is 2.00. The predicted octanol–water partition coefficient (Wildman–Crippen LogP) is 1.83. The Morgan fingerprint density at radius 2 is 2.35 bits per heavy atom. The van der Waals surface area contributed by atoms with Crippen LogP contribution in [0.3, 0.4) is 0 Å². The third-order valence-corrected chi connectivity index (χ3v) is 3.57. The van der Waals surface area contributed by atoms with Crippen LogP contribution in [0.1, 0.15) is 31.5 Å². The summed E-state index contributed by atoms with van der Waals surface area (Å²) in [4.78, 5) is 7.05. The Labute approximate surface area is 104 Å². The number of aromatic nitrogens is 1. The quantitative estimate of drug-likeness (QED) is 0.860. The second-order valence-electron chi connectivity index (χ2n) is 4.76. The molecule has 2 rings (SSSR count). The molecule has 0 spiro atoms. The molecule has 0 bridgehead atoms. The lowest BCUT2D eigenvalue weighted by atomic mass is 10.1. The summed E-state index contributed by atoms with van der Waals surface area (Å²) in [6.45, 7) is 8.84. The first-order chi connectivity index (χ1) is 8.33.